The monoisotopic (exact) mass is 332 g/mol. The zero-order valence-corrected chi connectivity index (χ0v) is 14.4. The maximum atomic E-state index is 12.9. The highest BCUT2D eigenvalue weighted by atomic mass is 16.2. The highest BCUT2D eigenvalue weighted by Gasteiger charge is 2.39. The van der Waals surface area contributed by atoms with Crippen molar-refractivity contribution in [3.63, 3.8) is 0 Å². The summed E-state index contributed by atoms with van der Waals surface area (Å²) in [6.45, 7) is 4.95. The molecular formula is C20H20N4O. The van der Waals surface area contributed by atoms with Crippen molar-refractivity contribution in [2.24, 2.45) is 5.92 Å². The highest BCUT2D eigenvalue weighted by Crippen LogP contribution is 2.39. The number of benzene rings is 1. The van der Waals surface area contributed by atoms with Crippen LogP contribution < -0.4 is 0 Å². The summed E-state index contributed by atoms with van der Waals surface area (Å²) in [5.41, 5.74) is 7.02. The Morgan fingerprint density at radius 1 is 1.20 bits per heavy atom. The molecule has 0 spiro atoms. The van der Waals surface area contributed by atoms with Crippen LogP contribution in [0.4, 0.5) is 0 Å². The number of H-pyrrole nitrogens is 1. The van der Waals surface area contributed by atoms with Crippen LogP contribution in [0.1, 0.15) is 41.3 Å². The normalized spacial score (nSPS) is 18.0. The Labute approximate surface area is 146 Å². The molecular weight excluding hydrogens is 312 g/mol. The molecule has 0 bridgehead atoms. The Morgan fingerprint density at radius 2 is 2.04 bits per heavy atom. The molecule has 3 heterocycles. The molecule has 5 heteroatoms. The molecule has 126 valence electrons. The first-order valence-corrected chi connectivity index (χ1v) is 8.86. The maximum absolute atomic E-state index is 12.9. The van der Waals surface area contributed by atoms with E-state index in [-0.39, 0.29) is 5.91 Å². The molecule has 1 N–H and O–H groups in total. The van der Waals surface area contributed by atoms with Gasteiger partial charge in [-0.1, -0.05) is 6.07 Å². The highest BCUT2D eigenvalue weighted by molar-refractivity contribution is 6.00. The van der Waals surface area contributed by atoms with Crippen LogP contribution in [-0.2, 0) is 6.54 Å². The van der Waals surface area contributed by atoms with Gasteiger partial charge in [-0.15, -0.1) is 0 Å². The van der Waals surface area contributed by atoms with E-state index in [4.69, 9.17) is 0 Å². The standard InChI is InChI=1S/C20H20N4O/c1-11-5-14(15-7-17-18(21-8-15)9-22-23-17)6-16-10-24(20(25)19(11)16)12(2)13-3-4-13/h5-9,12-13H,3-4,10H2,1-2H3,(H,22,23). The fourth-order valence-corrected chi connectivity index (χ4v) is 4.01. The van der Waals surface area contributed by atoms with Crippen molar-refractivity contribution in [1.82, 2.24) is 20.1 Å². The second-order valence-electron chi connectivity index (χ2n) is 7.37. The summed E-state index contributed by atoms with van der Waals surface area (Å²) in [6.07, 6.45) is 6.10. The topological polar surface area (TPSA) is 61.9 Å². The number of amides is 1. The second kappa shape index (κ2) is 5.15. The molecule has 1 atom stereocenters. The van der Waals surface area contributed by atoms with E-state index in [1.54, 1.807) is 6.20 Å². The number of aromatic amines is 1. The van der Waals surface area contributed by atoms with Crippen LogP contribution in [0.5, 0.6) is 0 Å². The summed E-state index contributed by atoms with van der Waals surface area (Å²) in [6, 6.07) is 6.66. The van der Waals surface area contributed by atoms with Gasteiger partial charge in [-0.25, -0.2) is 0 Å². The minimum atomic E-state index is 0.195. The van der Waals surface area contributed by atoms with Gasteiger partial charge in [0, 0.05) is 29.9 Å². The predicted molar refractivity (Wildman–Crippen MR) is 96.1 cm³/mol. The first-order chi connectivity index (χ1) is 12.1. The molecule has 0 radical (unpaired) electrons. The van der Waals surface area contributed by atoms with Crippen molar-refractivity contribution in [3.05, 3.63) is 47.3 Å². The molecule has 1 amide bonds. The zero-order chi connectivity index (χ0) is 17.1. The SMILES string of the molecule is Cc1cc(-c2cnc3cn[nH]c3c2)cc2c1C(=O)N(C(C)C1CC1)C2. The number of aryl methyl sites for hydroxylation is 1. The van der Waals surface area contributed by atoms with Crippen LogP contribution in [0.3, 0.4) is 0 Å². The lowest BCUT2D eigenvalue weighted by molar-refractivity contribution is 0.0697. The maximum Gasteiger partial charge on any atom is 0.255 e. The second-order valence-corrected chi connectivity index (χ2v) is 7.37. The van der Waals surface area contributed by atoms with Gasteiger partial charge in [0.25, 0.3) is 5.91 Å². The van der Waals surface area contributed by atoms with Crippen LogP contribution in [0.15, 0.2) is 30.6 Å². The van der Waals surface area contributed by atoms with E-state index in [0.29, 0.717) is 12.0 Å². The molecule has 0 saturated heterocycles. The molecule has 5 rings (SSSR count). The van der Waals surface area contributed by atoms with Gasteiger partial charge >= 0.3 is 0 Å². The molecule has 1 unspecified atom stereocenters. The van der Waals surface area contributed by atoms with Crippen LogP contribution in [0.25, 0.3) is 22.2 Å². The summed E-state index contributed by atoms with van der Waals surface area (Å²) in [7, 11) is 0. The minimum absolute atomic E-state index is 0.195. The van der Waals surface area contributed by atoms with Crippen molar-refractivity contribution >= 4 is 16.9 Å². The van der Waals surface area contributed by atoms with Crippen LogP contribution in [-0.4, -0.2) is 32.0 Å². The third-order valence-electron chi connectivity index (χ3n) is 5.65. The quantitative estimate of drug-likeness (QED) is 0.796. The Bertz CT molecular complexity index is 1000. The number of carbonyl (C=O) groups excluding carboxylic acids is 1. The first kappa shape index (κ1) is 14.6. The summed E-state index contributed by atoms with van der Waals surface area (Å²) in [5, 5.41) is 7.00. The van der Waals surface area contributed by atoms with Gasteiger partial charge in [0.1, 0.15) is 5.52 Å². The van der Waals surface area contributed by atoms with Gasteiger partial charge in [0.05, 0.1) is 11.7 Å². The summed E-state index contributed by atoms with van der Waals surface area (Å²) < 4.78 is 0. The van der Waals surface area contributed by atoms with E-state index >= 15 is 0 Å². The Morgan fingerprint density at radius 3 is 2.84 bits per heavy atom. The van der Waals surface area contributed by atoms with E-state index in [1.165, 1.54) is 12.8 Å². The number of aromatic nitrogens is 3. The van der Waals surface area contributed by atoms with Gasteiger partial charge in [-0.3, -0.25) is 14.9 Å². The smallest absolute Gasteiger partial charge is 0.255 e. The molecule has 5 nitrogen and oxygen atoms in total. The number of rotatable bonds is 3. The average Bonchev–Trinajstić information content (AvgIpc) is 3.25. The van der Waals surface area contributed by atoms with E-state index in [0.717, 1.165) is 45.4 Å². The zero-order valence-electron chi connectivity index (χ0n) is 14.4. The van der Waals surface area contributed by atoms with Crippen molar-refractivity contribution in [2.45, 2.75) is 39.3 Å². The number of pyridine rings is 1. The predicted octanol–water partition coefficient (Wildman–Crippen LogP) is 3.69. The Hall–Kier alpha value is -2.69. The molecule has 1 fully saturated rings. The molecule has 3 aromatic rings. The lowest BCUT2D eigenvalue weighted by Crippen LogP contribution is -2.34. The minimum Gasteiger partial charge on any atom is -0.331 e. The van der Waals surface area contributed by atoms with Gasteiger partial charge in [-0.2, -0.15) is 5.10 Å². The number of nitrogens with one attached hydrogen (secondary N) is 1. The molecule has 1 aromatic carbocycles. The number of nitrogens with zero attached hydrogens (tertiary/aromatic N) is 3. The fraction of sp³-hybridized carbons (Fsp3) is 0.350. The summed E-state index contributed by atoms with van der Waals surface area (Å²) in [5.74, 6) is 0.880. The van der Waals surface area contributed by atoms with Crippen molar-refractivity contribution < 1.29 is 4.79 Å². The van der Waals surface area contributed by atoms with Crippen LogP contribution >= 0.6 is 0 Å². The number of hydrogen-bond donors (Lipinski definition) is 1. The molecule has 1 aliphatic heterocycles. The third-order valence-corrected chi connectivity index (χ3v) is 5.65. The van der Waals surface area contributed by atoms with E-state index in [1.807, 2.05) is 13.1 Å². The van der Waals surface area contributed by atoms with E-state index < -0.39 is 0 Å². The molecule has 25 heavy (non-hydrogen) atoms. The molecule has 2 aromatic heterocycles. The van der Waals surface area contributed by atoms with Crippen molar-refractivity contribution in [2.75, 3.05) is 0 Å². The summed E-state index contributed by atoms with van der Waals surface area (Å²) >= 11 is 0. The van der Waals surface area contributed by atoms with Gasteiger partial charge < -0.3 is 4.90 Å². The first-order valence-electron chi connectivity index (χ1n) is 8.86. The molecule has 2 aliphatic rings. The van der Waals surface area contributed by atoms with Gasteiger partial charge in [0.15, 0.2) is 0 Å². The fourth-order valence-electron chi connectivity index (χ4n) is 4.01. The summed E-state index contributed by atoms with van der Waals surface area (Å²) in [4.78, 5) is 19.4. The largest absolute Gasteiger partial charge is 0.331 e. The third kappa shape index (κ3) is 2.26. The van der Waals surface area contributed by atoms with Crippen molar-refractivity contribution in [1.29, 1.82) is 0 Å². The molecule has 1 saturated carbocycles. The van der Waals surface area contributed by atoms with Gasteiger partial charge in [-0.05, 0) is 61.4 Å². The number of carbonyl (C=O) groups is 1. The Balaban J connectivity index is 1.55. The number of fused-ring (bicyclic) bond motifs is 2. The number of hydrogen-bond acceptors (Lipinski definition) is 3. The van der Waals surface area contributed by atoms with Crippen LogP contribution in [0.2, 0.25) is 0 Å². The lowest BCUT2D eigenvalue weighted by Gasteiger charge is -2.24. The Kier molecular flexibility index (Phi) is 3.02. The molecule has 1 aliphatic carbocycles. The lowest BCUT2D eigenvalue weighted by atomic mass is 9.97. The average molecular weight is 332 g/mol. The van der Waals surface area contributed by atoms with E-state index in [9.17, 15) is 4.79 Å². The van der Waals surface area contributed by atoms with Gasteiger partial charge in [0.2, 0.25) is 0 Å². The van der Waals surface area contributed by atoms with Crippen LogP contribution in [0, 0.1) is 12.8 Å². The van der Waals surface area contributed by atoms with E-state index in [2.05, 4.69) is 45.2 Å². The van der Waals surface area contributed by atoms with Crippen molar-refractivity contribution in [3.8, 4) is 11.1 Å².